The number of likely N-dealkylation sites (tertiary alicyclic amines) is 1. The molecule has 0 radical (unpaired) electrons. The second-order valence-corrected chi connectivity index (χ2v) is 6.10. The predicted octanol–water partition coefficient (Wildman–Crippen LogP) is 1.84. The summed E-state index contributed by atoms with van der Waals surface area (Å²) in [5, 5.41) is 4.40. The van der Waals surface area contributed by atoms with E-state index in [1.54, 1.807) is 7.11 Å². The first kappa shape index (κ1) is 15.5. The molecule has 0 N–H and O–H groups in total. The monoisotopic (exact) mass is 314 g/mol. The zero-order chi connectivity index (χ0) is 16.6. The minimum atomic E-state index is 0.125. The summed E-state index contributed by atoms with van der Waals surface area (Å²) in [6.07, 6.45) is 0.368. The minimum absolute atomic E-state index is 0.125. The van der Waals surface area contributed by atoms with Crippen LogP contribution in [0, 0.1) is 20.8 Å². The van der Waals surface area contributed by atoms with Crippen molar-refractivity contribution in [1.82, 2.24) is 19.7 Å². The summed E-state index contributed by atoms with van der Waals surface area (Å²) < 4.78 is 7.27. The normalized spacial score (nSPS) is 14.7. The first-order chi connectivity index (χ1) is 11.0. The molecule has 0 bridgehead atoms. The molecule has 0 atom stereocenters. The van der Waals surface area contributed by atoms with Crippen LogP contribution in [0.25, 0.3) is 0 Å². The Balaban J connectivity index is 1.63. The molecule has 2 heterocycles. The van der Waals surface area contributed by atoms with Crippen LogP contribution in [0.2, 0.25) is 0 Å². The van der Waals surface area contributed by atoms with Crippen LogP contribution in [0.15, 0.2) is 18.2 Å². The van der Waals surface area contributed by atoms with Crippen LogP contribution >= 0.6 is 0 Å². The van der Waals surface area contributed by atoms with Gasteiger partial charge in [-0.1, -0.05) is 17.7 Å². The number of hydrogen-bond acceptors (Lipinski definition) is 4. The highest BCUT2D eigenvalue weighted by Gasteiger charge is 2.33. The molecule has 0 aliphatic carbocycles. The van der Waals surface area contributed by atoms with Gasteiger partial charge < -0.3 is 9.64 Å². The number of nitrogens with zero attached hydrogens (tertiary/aromatic N) is 4. The first-order valence-corrected chi connectivity index (χ1v) is 7.79. The van der Waals surface area contributed by atoms with E-state index in [1.165, 1.54) is 0 Å². The highest BCUT2D eigenvalue weighted by atomic mass is 16.5. The van der Waals surface area contributed by atoms with Crippen molar-refractivity contribution < 1.29 is 9.53 Å². The third-order valence-electron chi connectivity index (χ3n) is 4.25. The zero-order valence-corrected chi connectivity index (χ0v) is 14.0. The molecular weight excluding hydrogens is 292 g/mol. The molecule has 1 aromatic heterocycles. The standard InChI is InChI=1S/C17H22N4O2/c1-11-5-6-16(23-4)14(7-11)8-17(22)20-9-15(10-20)21-13(3)18-12(2)19-21/h5-7,15H,8-10H2,1-4H3. The molecule has 0 spiro atoms. The smallest absolute Gasteiger partial charge is 0.227 e. The Kier molecular flexibility index (Phi) is 4.07. The van der Waals surface area contributed by atoms with Crippen LogP contribution < -0.4 is 4.74 Å². The summed E-state index contributed by atoms with van der Waals surface area (Å²) in [5.74, 6) is 2.57. The third kappa shape index (κ3) is 3.06. The van der Waals surface area contributed by atoms with Crippen LogP contribution in [0.1, 0.15) is 28.8 Å². The van der Waals surface area contributed by atoms with Crippen molar-refractivity contribution in [2.75, 3.05) is 20.2 Å². The van der Waals surface area contributed by atoms with Crippen molar-refractivity contribution in [3.63, 3.8) is 0 Å². The Morgan fingerprint density at radius 3 is 2.65 bits per heavy atom. The van der Waals surface area contributed by atoms with Crippen LogP contribution in [-0.2, 0) is 11.2 Å². The number of benzene rings is 1. The zero-order valence-electron chi connectivity index (χ0n) is 14.0. The van der Waals surface area contributed by atoms with Gasteiger partial charge in [0.25, 0.3) is 0 Å². The second-order valence-electron chi connectivity index (χ2n) is 6.10. The number of carbonyl (C=O) groups excluding carboxylic acids is 1. The van der Waals surface area contributed by atoms with Gasteiger partial charge in [0.15, 0.2) is 0 Å². The SMILES string of the molecule is COc1ccc(C)cc1CC(=O)N1CC(n2nc(C)nc2C)C1. The molecule has 6 heteroatoms. The van der Waals surface area contributed by atoms with E-state index >= 15 is 0 Å². The Labute approximate surface area is 136 Å². The summed E-state index contributed by atoms with van der Waals surface area (Å²) in [6, 6.07) is 6.15. The fraction of sp³-hybridized carbons (Fsp3) is 0.471. The summed E-state index contributed by atoms with van der Waals surface area (Å²) in [5.41, 5.74) is 2.07. The van der Waals surface area contributed by atoms with E-state index in [4.69, 9.17) is 4.74 Å². The van der Waals surface area contributed by atoms with Gasteiger partial charge in [-0.25, -0.2) is 9.67 Å². The molecule has 0 unspecified atom stereocenters. The van der Waals surface area contributed by atoms with Crippen LogP contribution in [0.3, 0.4) is 0 Å². The molecule has 1 saturated heterocycles. The van der Waals surface area contributed by atoms with Crippen molar-refractivity contribution in [1.29, 1.82) is 0 Å². The van der Waals surface area contributed by atoms with Gasteiger partial charge in [0, 0.05) is 18.7 Å². The Morgan fingerprint density at radius 2 is 2.04 bits per heavy atom. The third-order valence-corrected chi connectivity index (χ3v) is 4.25. The molecule has 1 amide bonds. The lowest BCUT2D eigenvalue weighted by Crippen LogP contribution is -2.51. The van der Waals surface area contributed by atoms with Gasteiger partial charge in [0.2, 0.25) is 5.91 Å². The molecule has 3 rings (SSSR count). The highest BCUT2D eigenvalue weighted by molar-refractivity contribution is 5.80. The van der Waals surface area contributed by atoms with Gasteiger partial charge in [0.05, 0.1) is 19.6 Å². The fourth-order valence-corrected chi connectivity index (χ4v) is 3.02. The largest absolute Gasteiger partial charge is 0.496 e. The minimum Gasteiger partial charge on any atom is -0.496 e. The van der Waals surface area contributed by atoms with Crippen LogP contribution in [0.4, 0.5) is 0 Å². The van der Waals surface area contributed by atoms with Crippen molar-refractivity contribution in [3.8, 4) is 5.75 Å². The first-order valence-electron chi connectivity index (χ1n) is 7.79. The average molecular weight is 314 g/mol. The molecule has 1 aromatic carbocycles. The van der Waals surface area contributed by atoms with E-state index in [2.05, 4.69) is 10.1 Å². The summed E-state index contributed by atoms with van der Waals surface area (Å²) >= 11 is 0. The van der Waals surface area contributed by atoms with Crippen molar-refractivity contribution in [2.24, 2.45) is 0 Å². The lowest BCUT2D eigenvalue weighted by atomic mass is 10.0. The summed E-state index contributed by atoms with van der Waals surface area (Å²) in [4.78, 5) is 18.6. The lowest BCUT2D eigenvalue weighted by Gasteiger charge is -2.39. The number of aryl methyl sites for hydroxylation is 3. The van der Waals surface area contributed by atoms with E-state index in [0.717, 1.165) is 28.5 Å². The number of carbonyl (C=O) groups is 1. The van der Waals surface area contributed by atoms with E-state index in [0.29, 0.717) is 19.5 Å². The van der Waals surface area contributed by atoms with Crippen molar-refractivity contribution in [2.45, 2.75) is 33.2 Å². The number of hydrogen-bond donors (Lipinski definition) is 0. The van der Waals surface area contributed by atoms with Gasteiger partial charge in [-0.15, -0.1) is 0 Å². The lowest BCUT2D eigenvalue weighted by molar-refractivity contribution is -0.136. The van der Waals surface area contributed by atoms with Gasteiger partial charge >= 0.3 is 0 Å². The fourth-order valence-electron chi connectivity index (χ4n) is 3.02. The van der Waals surface area contributed by atoms with E-state index in [9.17, 15) is 4.79 Å². The van der Waals surface area contributed by atoms with Gasteiger partial charge in [0.1, 0.15) is 17.4 Å². The number of aromatic nitrogens is 3. The van der Waals surface area contributed by atoms with E-state index in [-0.39, 0.29) is 11.9 Å². The molecule has 0 saturated carbocycles. The molecular formula is C17H22N4O2. The van der Waals surface area contributed by atoms with Gasteiger partial charge in [-0.3, -0.25) is 4.79 Å². The van der Waals surface area contributed by atoms with Crippen molar-refractivity contribution in [3.05, 3.63) is 41.0 Å². The maximum Gasteiger partial charge on any atom is 0.227 e. The summed E-state index contributed by atoms with van der Waals surface area (Å²) in [6.45, 7) is 7.23. The number of ether oxygens (including phenoxy) is 1. The second kappa shape index (κ2) is 6.02. The summed E-state index contributed by atoms with van der Waals surface area (Å²) in [7, 11) is 1.63. The molecule has 122 valence electrons. The highest BCUT2D eigenvalue weighted by Crippen LogP contribution is 2.25. The van der Waals surface area contributed by atoms with Crippen LogP contribution in [0.5, 0.6) is 5.75 Å². The van der Waals surface area contributed by atoms with Crippen molar-refractivity contribution >= 4 is 5.91 Å². The average Bonchev–Trinajstić information content (AvgIpc) is 2.76. The molecule has 1 aliphatic rings. The Morgan fingerprint density at radius 1 is 1.30 bits per heavy atom. The van der Waals surface area contributed by atoms with E-state index in [1.807, 2.05) is 48.6 Å². The quantitative estimate of drug-likeness (QED) is 0.864. The number of methoxy groups -OCH3 is 1. The number of amides is 1. The number of rotatable bonds is 4. The topological polar surface area (TPSA) is 60.2 Å². The Bertz CT molecular complexity index is 732. The Hall–Kier alpha value is -2.37. The molecule has 23 heavy (non-hydrogen) atoms. The predicted molar refractivity (Wildman–Crippen MR) is 86.5 cm³/mol. The molecule has 1 aliphatic heterocycles. The maximum absolute atomic E-state index is 12.5. The molecule has 2 aromatic rings. The van der Waals surface area contributed by atoms with Gasteiger partial charge in [-0.05, 0) is 26.8 Å². The van der Waals surface area contributed by atoms with Gasteiger partial charge in [-0.2, -0.15) is 5.10 Å². The van der Waals surface area contributed by atoms with E-state index < -0.39 is 0 Å². The molecule has 1 fully saturated rings. The van der Waals surface area contributed by atoms with Crippen LogP contribution in [-0.4, -0.2) is 45.8 Å². The maximum atomic E-state index is 12.5. The molecule has 6 nitrogen and oxygen atoms in total.